The lowest BCUT2D eigenvalue weighted by atomic mass is 9.92. The van der Waals surface area contributed by atoms with Crippen LogP contribution in [-0.2, 0) is 4.74 Å². The van der Waals surface area contributed by atoms with E-state index in [9.17, 15) is 0 Å². The molecule has 1 aromatic rings. The van der Waals surface area contributed by atoms with Gasteiger partial charge >= 0.3 is 0 Å². The molecule has 3 rings (SSSR count). The molecule has 0 amide bonds. The number of fused-ring (bicyclic) bond motifs is 5. The fraction of sp³-hybridized carbons (Fsp3) is 0.400. The van der Waals surface area contributed by atoms with E-state index >= 15 is 0 Å². The van der Waals surface area contributed by atoms with Crippen molar-refractivity contribution in [1.82, 2.24) is 0 Å². The summed E-state index contributed by atoms with van der Waals surface area (Å²) in [4.78, 5) is 0. The molecular formula is C10H9BrO. The van der Waals surface area contributed by atoms with Crippen molar-refractivity contribution >= 4 is 15.9 Å². The van der Waals surface area contributed by atoms with Crippen LogP contribution in [0.1, 0.15) is 36.2 Å². The van der Waals surface area contributed by atoms with Crippen LogP contribution >= 0.6 is 15.9 Å². The Morgan fingerprint density at radius 1 is 1.17 bits per heavy atom. The number of hydrogen-bond acceptors (Lipinski definition) is 1. The van der Waals surface area contributed by atoms with E-state index in [1.54, 1.807) is 0 Å². The highest BCUT2D eigenvalue weighted by Crippen LogP contribution is 2.50. The molecule has 1 aromatic carbocycles. The predicted octanol–water partition coefficient (Wildman–Crippen LogP) is 3.36. The molecule has 2 bridgehead atoms. The molecule has 2 atom stereocenters. The molecule has 1 saturated heterocycles. The zero-order chi connectivity index (χ0) is 8.13. The van der Waals surface area contributed by atoms with Crippen molar-refractivity contribution in [2.45, 2.75) is 25.0 Å². The Balaban J connectivity index is 2.20. The first-order valence-electron chi connectivity index (χ1n) is 4.29. The van der Waals surface area contributed by atoms with Crippen molar-refractivity contribution in [2.24, 2.45) is 0 Å². The largest absolute Gasteiger partial charge is 0.366 e. The fourth-order valence-electron chi connectivity index (χ4n) is 2.21. The van der Waals surface area contributed by atoms with Gasteiger partial charge in [-0.25, -0.2) is 0 Å². The van der Waals surface area contributed by atoms with Gasteiger partial charge in [0.15, 0.2) is 0 Å². The monoisotopic (exact) mass is 224 g/mol. The normalized spacial score (nSPS) is 30.8. The molecule has 2 heteroatoms. The second-order valence-electron chi connectivity index (χ2n) is 3.46. The van der Waals surface area contributed by atoms with Crippen molar-refractivity contribution in [3.05, 3.63) is 33.8 Å². The molecule has 0 aliphatic carbocycles. The van der Waals surface area contributed by atoms with Crippen LogP contribution in [0.25, 0.3) is 0 Å². The van der Waals surface area contributed by atoms with E-state index in [4.69, 9.17) is 4.74 Å². The maximum absolute atomic E-state index is 5.78. The smallest absolute Gasteiger partial charge is 0.0838 e. The van der Waals surface area contributed by atoms with Crippen LogP contribution in [0.2, 0.25) is 0 Å². The van der Waals surface area contributed by atoms with Gasteiger partial charge in [0.2, 0.25) is 0 Å². The Labute approximate surface area is 79.9 Å². The Morgan fingerprint density at radius 2 is 1.92 bits per heavy atom. The Hall–Kier alpha value is -0.340. The van der Waals surface area contributed by atoms with Crippen molar-refractivity contribution in [2.75, 3.05) is 0 Å². The van der Waals surface area contributed by atoms with Gasteiger partial charge in [0.05, 0.1) is 12.2 Å². The molecule has 2 heterocycles. The van der Waals surface area contributed by atoms with Crippen LogP contribution in [0.3, 0.4) is 0 Å². The summed E-state index contributed by atoms with van der Waals surface area (Å²) < 4.78 is 6.94. The van der Waals surface area contributed by atoms with Gasteiger partial charge in [-0.2, -0.15) is 0 Å². The minimum absolute atomic E-state index is 0.391. The summed E-state index contributed by atoms with van der Waals surface area (Å²) in [6, 6.07) is 6.48. The maximum Gasteiger partial charge on any atom is 0.0838 e. The number of rotatable bonds is 0. The Morgan fingerprint density at radius 3 is 2.75 bits per heavy atom. The second kappa shape index (κ2) is 2.33. The summed E-state index contributed by atoms with van der Waals surface area (Å²) in [5.41, 5.74) is 2.81. The lowest BCUT2D eigenvalue weighted by molar-refractivity contribution is 0.0716. The molecule has 0 unspecified atom stereocenters. The third-order valence-electron chi connectivity index (χ3n) is 2.76. The van der Waals surface area contributed by atoms with E-state index in [-0.39, 0.29) is 0 Å². The zero-order valence-corrected chi connectivity index (χ0v) is 8.17. The molecule has 2 aliphatic rings. The summed E-state index contributed by atoms with van der Waals surface area (Å²) in [7, 11) is 0. The van der Waals surface area contributed by atoms with Gasteiger partial charge < -0.3 is 4.74 Å². The maximum atomic E-state index is 5.78. The van der Waals surface area contributed by atoms with Crippen LogP contribution < -0.4 is 0 Å². The average Bonchev–Trinajstić information content (AvgIpc) is 2.63. The van der Waals surface area contributed by atoms with E-state index in [0.717, 1.165) is 4.47 Å². The molecule has 62 valence electrons. The molecular weight excluding hydrogens is 216 g/mol. The molecule has 12 heavy (non-hydrogen) atoms. The van der Waals surface area contributed by atoms with Gasteiger partial charge in [-0.15, -0.1) is 0 Å². The van der Waals surface area contributed by atoms with Crippen LogP contribution in [0.4, 0.5) is 0 Å². The Bertz CT molecular complexity index is 335. The third kappa shape index (κ3) is 0.824. The molecule has 0 aromatic heterocycles. The standard InChI is InChI=1S/C10H9BrO/c11-6-1-2-7-8(5-6)10-4-3-9(7)12-10/h1-2,5,9-10H,3-4H2/t9-,10-/m1/s1. The number of ether oxygens (including phenoxy) is 1. The molecule has 1 fully saturated rings. The fourth-order valence-corrected chi connectivity index (χ4v) is 2.59. The lowest BCUT2D eigenvalue weighted by Gasteiger charge is -2.10. The molecule has 0 N–H and O–H groups in total. The highest BCUT2D eigenvalue weighted by atomic mass is 79.9. The van der Waals surface area contributed by atoms with Crippen LogP contribution in [-0.4, -0.2) is 0 Å². The quantitative estimate of drug-likeness (QED) is 0.657. The van der Waals surface area contributed by atoms with Crippen LogP contribution in [0, 0.1) is 0 Å². The summed E-state index contributed by atoms with van der Waals surface area (Å²) in [5.74, 6) is 0. The van der Waals surface area contributed by atoms with Gasteiger partial charge in [-0.3, -0.25) is 0 Å². The SMILES string of the molecule is Brc1ccc2c(c1)[C@H]1CC[C@H]2O1. The first-order valence-corrected chi connectivity index (χ1v) is 5.09. The second-order valence-corrected chi connectivity index (χ2v) is 4.38. The minimum atomic E-state index is 0.391. The predicted molar refractivity (Wildman–Crippen MR) is 49.9 cm³/mol. The highest BCUT2D eigenvalue weighted by molar-refractivity contribution is 9.10. The van der Waals surface area contributed by atoms with Gasteiger partial charge in [0, 0.05) is 4.47 Å². The van der Waals surface area contributed by atoms with Crippen molar-refractivity contribution in [1.29, 1.82) is 0 Å². The zero-order valence-electron chi connectivity index (χ0n) is 6.59. The number of halogens is 1. The van der Waals surface area contributed by atoms with Crippen LogP contribution in [0.15, 0.2) is 22.7 Å². The molecule has 0 saturated carbocycles. The first kappa shape index (κ1) is 7.10. The van der Waals surface area contributed by atoms with Gasteiger partial charge in [0.1, 0.15) is 0 Å². The summed E-state index contributed by atoms with van der Waals surface area (Å²) in [6.07, 6.45) is 3.20. The lowest BCUT2D eigenvalue weighted by Crippen LogP contribution is -1.96. The molecule has 2 aliphatic heterocycles. The van der Waals surface area contributed by atoms with Gasteiger partial charge in [0.25, 0.3) is 0 Å². The van der Waals surface area contributed by atoms with E-state index in [0.29, 0.717) is 12.2 Å². The van der Waals surface area contributed by atoms with Gasteiger partial charge in [-0.1, -0.05) is 22.0 Å². The number of hydrogen-bond donors (Lipinski definition) is 0. The third-order valence-corrected chi connectivity index (χ3v) is 3.26. The van der Waals surface area contributed by atoms with Crippen molar-refractivity contribution in [3.8, 4) is 0 Å². The van der Waals surface area contributed by atoms with E-state index in [2.05, 4.69) is 34.1 Å². The topological polar surface area (TPSA) is 9.23 Å². The first-order chi connectivity index (χ1) is 5.84. The van der Waals surface area contributed by atoms with Crippen LogP contribution in [0.5, 0.6) is 0 Å². The minimum Gasteiger partial charge on any atom is -0.366 e. The number of benzene rings is 1. The average molecular weight is 225 g/mol. The summed E-state index contributed by atoms with van der Waals surface area (Å²) in [5, 5.41) is 0. The van der Waals surface area contributed by atoms with E-state index < -0.39 is 0 Å². The Kier molecular flexibility index (Phi) is 1.38. The van der Waals surface area contributed by atoms with E-state index in [1.807, 2.05) is 0 Å². The summed E-state index contributed by atoms with van der Waals surface area (Å²) >= 11 is 3.48. The highest BCUT2D eigenvalue weighted by Gasteiger charge is 2.37. The van der Waals surface area contributed by atoms with Crippen molar-refractivity contribution in [3.63, 3.8) is 0 Å². The molecule has 0 spiro atoms. The van der Waals surface area contributed by atoms with Gasteiger partial charge in [-0.05, 0) is 36.1 Å². The molecule has 0 radical (unpaired) electrons. The molecule has 1 nitrogen and oxygen atoms in total. The van der Waals surface area contributed by atoms with E-state index in [1.165, 1.54) is 24.0 Å². The van der Waals surface area contributed by atoms with Crippen molar-refractivity contribution < 1.29 is 4.74 Å². The summed E-state index contributed by atoms with van der Waals surface area (Å²) in [6.45, 7) is 0.